The molecule has 3 N–H and O–H groups in total. The molecule has 1 aliphatic carbocycles. The van der Waals surface area contributed by atoms with Gasteiger partial charge in [-0.15, -0.1) is 0 Å². The quantitative estimate of drug-likeness (QED) is 0.696. The van der Waals surface area contributed by atoms with Crippen LogP contribution in [0.15, 0.2) is 24.3 Å². The predicted molar refractivity (Wildman–Crippen MR) is 108 cm³/mol. The summed E-state index contributed by atoms with van der Waals surface area (Å²) in [4.78, 5) is 23.1. The van der Waals surface area contributed by atoms with Crippen molar-refractivity contribution in [2.45, 2.75) is 76.5 Å². The fourth-order valence-electron chi connectivity index (χ4n) is 6.04. The van der Waals surface area contributed by atoms with Crippen LogP contribution >= 0.6 is 0 Å². The van der Waals surface area contributed by atoms with Crippen molar-refractivity contribution in [2.24, 2.45) is 29.4 Å². The van der Waals surface area contributed by atoms with Crippen molar-refractivity contribution in [3.63, 3.8) is 0 Å². The van der Waals surface area contributed by atoms with E-state index in [-0.39, 0.29) is 11.8 Å². The number of nitrogens with two attached hydrogens (primary N) is 1. The molecule has 1 spiro atoms. The Morgan fingerprint density at radius 2 is 1.90 bits per heavy atom. The fraction of sp³-hybridized carbons (Fsp3) is 0.696. The van der Waals surface area contributed by atoms with Crippen LogP contribution in [0.25, 0.3) is 0 Å². The Bertz CT molecular complexity index is 847. The molecule has 9 atom stereocenters. The van der Waals surface area contributed by atoms with Crippen molar-refractivity contribution in [3.05, 3.63) is 29.8 Å². The Balaban J connectivity index is 1.40. The lowest BCUT2D eigenvalue weighted by molar-refractivity contribution is -0.575. The van der Waals surface area contributed by atoms with Crippen LogP contribution < -0.4 is 10.5 Å². The number of carboxylic acids is 1. The number of ether oxygens (including phenoxy) is 3. The first kappa shape index (κ1) is 21.2. The maximum atomic E-state index is 11.1. The molecule has 5 fully saturated rings. The lowest BCUT2D eigenvalue weighted by Gasteiger charge is -2.60. The van der Waals surface area contributed by atoms with Crippen LogP contribution in [0.5, 0.6) is 5.75 Å². The van der Waals surface area contributed by atoms with E-state index >= 15 is 0 Å². The highest BCUT2D eigenvalue weighted by atomic mass is 17.3. The molecule has 8 heteroatoms. The second-order valence-electron chi connectivity index (χ2n) is 9.78. The van der Waals surface area contributed by atoms with Crippen LogP contribution in [0.2, 0.25) is 0 Å². The monoisotopic (exact) mass is 433 g/mol. The molecule has 4 saturated heterocycles. The van der Waals surface area contributed by atoms with Crippen LogP contribution in [0.3, 0.4) is 0 Å². The molecule has 170 valence electrons. The Morgan fingerprint density at radius 1 is 1.16 bits per heavy atom. The molecule has 1 aromatic carbocycles. The lowest BCUT2D eigenvalue weighted by Crippen LogP contribution is -2.70. The second-order valence-corrected chi connectivity index (χ2v) is 9.78. The van der Waals surface area contributed by atoms with Crippen molar-refractivity contribution < 1.29 is 33.9 Å². The summed E-state index contributed by atoms with van der Waals surface area (Å²) in [7, 11) is 0. The summed E-state index contributed by atoms with van der Waals surface area (Å²) in [5.74, 6) is -0.247. The molecule has 5 aliphatic rings. The summed E-state index contributed by atoms with van der Waals surface area (Å²) in [6.45, 7) is 6.32. The fourth-order valence-corrected chi connectivity index (χ4v) is 6.04. The van der Waals surface area contributed by atoms with Gasteiger partial charge in [0.2, 0.25) is 12.1 Å². The highest BCUT2D eigenvalue weighted by molar-refractivity contribution is 5.75. The summed E-state index contributed by atoms with van der Waals surface area (Å²) in [5, 5.41) is 9.10. The topological polar surface area (TPSA) is 109 Å². The highest BCUT2D eigenvalue weighted by Gasteiger charge is 2.69. The average Bonchev–Trinajstić information content (AvgIpc) is 2.98. The zero-order chi connectivity index (χ0) is 22.0. The van der Waals surface area contributed by atoms with Gasteiger partial charge in [0, 0.05) is 18.3 Å². The largest absolute Gasteiger partial charge is 0.480 e. The number of rotatable bonds is 4. The molecule has 31 heavy (non-hydrogen) atoms. The minimum Gasteiger partial charge on any atom is -0.480 e. The summed E-state index contributed by atoms with van der Waals surface area (Å²) in [6.07, 6.45) is 2.79. The molecule has 4 heterocycles. The minimum atomic E-state index is -1.07. The first-order valence-corrected chi connectivity index (χ1v) is 11.2. The number of fused-ring (bicyclic) bond motifs is 2. The van der Waals surface area contributed by atoms with Crippen molar-refractivity contribution in [1.82, 2.24) is 0 Å². The first-order valence-electron chi connectivity index (χ1n) is 11.2. The Kier molecular flexibility index (Phi) is 5.06. The van der Waals surface area contributed by atoms with Gasteiger partial charge in [-0.1, -0.05) is 26.0 Å². The minimum absolute atomic E-state index is 0.0573. The number of carbonyl (C=O) groups is 1. The smallest absolute Gasteiger partial charge is 0.325 e. The maximum absolute atomic E-state index is 11.1. The van der Waals surface area contributed by atoms with Crippen molar-refractivity contribution in [3.8, 4) is 5.75 Å². The Labute approximate surface area is 181 Å². The van der Waals surface area contributed by atoms with E-state index in [0.29, 0.717) is 23.1 Å². The summed E-state index contributed by atoms with van der Waals surface area (Å²) >= 11 is 0. The zero-order valence-corrected chi connectivity index (χ0v) is 18.2. The second kappa shape index (κ2) is 7.42. The predicted octanol–water partition coefficient (Wildman–Crippen LogP) is 3.36. The lowest BCUT2D eigenvalue weighted by atomic mass is 9.58. The molecule has 1 saturated carbocycles. The van der Waals surface area contributed by atoms with Gasteiger partial charge in [0.05, 0.1) is 0 Å². The van der Waals surface area contributed by atoms with Gasteiger partial charge in [0.15, 0.2) is 11.9 Å². The van der Waals surface area contributed by atoms with E-state index in [1.54, 1.807) is 24.3 Å². The van der Waals surface area contributed by atoms with Gasteiger partial charge in [-0.25, -0.2) is 9.78 Å². The van der Waals surface area contributed by atoms with E-state index < -0.39 is 36.0 Å². The van der Waals surface area contributed by atoms with Gasteiger partial charge in [-0.05, 0) is 55.7 Å². The molecular weight excluding hydrogens is 402 g/mol. The van der Waals surface area contributed by atoms with E-state index in [9.17, 15) is 4.79 Å². The third-order valence-corrected chi connectivity index (χ3v) is 7.85. The van der Waals surface area contributed by atoms with Crippen LogP contribution in [-0.4, -0.2) is 35.0 Å². The van der Waals surface area contributed by atoms with E-state index in [4.69, 9.17) is 34.8 Å². The van der Waals surface area contributed by atoms with Gasteiger partial charge < -0.3 is 25.1 Å². The third kappa shape index (κ3) is 3.27. The van der Waals surface area contributed by atoms with Gasteiger partial charge >= 0.3 is 5.97 Å². The summed E-state index contributed by atoms with van der Waals surface area (Å²) in [6, 6.07) is 5.73. The molecule has 8 nitrogen and oxygen atoms in total. The van der Waals surface area contributed by atoms with E-state index in [0.717, 1.165) is 25.7 Å². The van der Waals surface area contributed by atoms with Gasteiger partial charge in [-0.3, -0.25) is 4.79 Å². The van der Waals surface area contributed by atoms with Crippen LogP contribution in [-0.2, 0) is 24.0 Å². The van der Waals surface area contributed by atoms with Crippen molar-refractivity contribution in [2.75, 3.05) is 0 Å². The summed E-state index contributed by atoms with van der Waals surface area (Å²) < 4.78 is 19.0. The first-order chi connectivity index (χ1) is 14.7. The SMILES string of the molecule is C[C@H]1[C@@H](Oc2ccc([C@H](N)C(=O)O)cc2)O[C@@H]2O[C@@]3(C)CC[C@H]4[C@H](C)CC[C@@H]1[C@@]24OO3. The van der Waals surface area contributed by atoms with Gasteiger partial charge in [0.1, 0.15) is 11.8 Å². The van der Waals surface area contributed by atoms with Crippen molar-refractivity contribution in [1.29, 1.82) is 0 Å². The number of aliphatic carboxylic acids is 1. The zero-order valence-electron chi connectivity index (χ0n) is 18.2. The number of hydrogen-bond donors (Lipinski definition) is 2. The van der Waals surface area contributed by atoms with E-state index in [1.807, 2.05) is 6.92 Å². The van der Waals surface area contributed by atoms with Gasteiger partial charge in [-0.2, -0.15) is 0 Å². The Morgan fingerprint density at radius 3 is 2.61 bits per heavy atom. The van der Waals surface area contributed by atoms with E-state index in [1.165, 1.54) is 0 Å². The Hall–Kier alpha value is -1.71. The normalized spacial score (nSPS) is 44.8. The number of carboxylic acid groups (broad SMARTS) is 1. The third-order valence-electron chi connectivity index (χ3n) is 7.85. The molecule has 0 unspecified atom stereocenters. The van der Waals surface area contributed by atoms with Crippen molar-refractivity contribution >= 4 is 5.97 Å². The summed E-state index contributed by atoms with van der Waals surface area (Å²) in [5.41, 5.74) is 5.59. The van der Waals surface area contributed by atoms with Gasteiger partial charge in [0.25, 0.3) is 0 Å². The molecular formula is C23H31NO7. The molecule has 1 aromatic rings. The number of hydrogen-bond acceptors (Lipinski definition) is 7. The molecule has 6 rings (SSSR count). The van der Waals surface area contributed by atoms with Crippen LogP contribution in [0.4, 0.5) is 0 Å². The molecule has 4 aliphatic heterocycles. The van der Waals surface area contributed by atoms with Crippen LogP contribution in [0.1, 0.15) is 58.1 Å². The molecule has 2 bridgehead atoms. The van der Waals surface area contributed by atoms with Crippen LogP contribution in [0, 0.1) is 23.7 Å². The molecule has 0 aromatic heterocycles. The number of benzene rings is 1. The standard InChI is InChI=1S/C23H31NO7/c1-12-4-9-17-13(2)20(27-15-7-5-14(6-8-15)18(24)19(25)26)28-21-23(17)16(12)10-11-22(3,29-21)30-31-23/h5-8,12-13,16-18,20-21H,4,9-11,24H2,1-3H3,(H,25,26)/t12-,13-,16+,17+,18+,20+,21-,22-,23-/m1/s1. The molecule has 0 radical (unpaired) electrons. The maximum Gasteiger partial charge on any atom is 0.325 e. The average molecular weight is 434 g/mol. The van der Waals surface area contributed by atoms with E-state index in [2.05, 4.69) is 13.8 Å². The molecule has 0 amide bonds. The highest BCUT2D eigenvalue weighted by Crippen LogP contribution is 2.60.